The smallest absolute Gasteiger partial charge is 0.355 e. The Morgan fingerprint density at radius 2 is 0.376 bits per heavy atom. The molecule has 532 valence electrons. The van der Waals surface area contributed by atoms with Crippen LogP contribution in [0.5, 0.6) is 0 Å². The number of nitrogens with one attached hydrogen (secondary N) is 4. The second kappa shape index (κ2) is 28.8. The first-order valence-corrected chi connectivity index (χ1v) is 34.4. The van der Waals surface area contributed by atoms with E-state index >= 15 is 17.6 Å². The molecule has 0 unspecified atom stereocenters. The average molecular weight is 1500 g/mol. The zero-order valence-corrected chi connectivity index (χ0v) is 59.1. The van der Waals surface area contributed by atoms with Crippen LogP contribution in [0.25, 0.3) is 160 Å². The molecule has 10 heterocycles. The summed E-state index contributed by atoms with van der Waals surface area (Å²) in [6.45, 7) is 7.88. The van der Waals surface area contributed by atoms with Crippen LogP contribution >= 0.6 is 0 Å². The van der Waals surface area contributed by atoms with Crippen molar-refractivity contribution in [3.05, 3.63) is 346 Å². The van der Waals surface area contributed by atoms with Crippen molar-refractivity contribution in [3.8, 4) is 66.8 Å². The van der Waals surface area contributed by atoms with Gasteiger partial charge in [-0.15, -0.1) is 0 Å². The summed E-state index contributed by atoms with van der Waals surface area (Å²) in [5, 5.41) is 0. The molecule has 0 atom stereocenters. The summed E-state index contributed by atoms with van der Waals surface area (Å²) in [5.74, 6) is -18.6. The van der Waals surface area contributed by atoms with Crippen LogP contribution in [0.2, 0.25) is 0 Å². The fraction of sp³-hybridized carbons (Fsp3) is 0.0444. The molecule has 4 N–H and O–H groups in total. The van der Waals surface area contributed by atoms with Crippen molar-refractivity contribution >= 4 is 92.7 Å². The molecule has 4 aliphatic heterocycles. The zero-order valence-electron chi connectivity index (χ0n) is 58.0. The molecular weight excluding hydrogens is 1440 g/mol. The fourth-order valence-corrected chi connectivity index (χ4v) is 14.4. The molecule has 0 amide bonds. The van der Waals surface area contributed by atoms with Crippen LogP contribution in [0, 0.1) is 149 Å². The van der Waals surface area contributed by atoms with Crippen molar-refractivity contribution < 1.29 is 61.0 Å². The SMILES string of the molecule is Cc1ccc(-c2c3nc(c(-c4c(F)c(F)c(F)c(F)c4F)c4ccc([nH]4)c(-c4ccc(C)cc4)c4nc(c([C]5[CH][CH][CH][CH]5)c5ccc2[nH]5)C=C4)C=C3)cc1.Cc1ccc(-c2c3nc(c(-c4c(F)c(F)c(F)c(F)c4F)c4ccc([nH]4)c(-c4ccc(C)cc4)c4nc(c([C]5[CH][CH][CH][CH]5)c5ccc2[nH]5)C=C4)C=C3)cc1.[Fe+2]. The van der Waals surface area contributed by atoms with E-state index in [1.54, 1.807) is 36.4 Å². The van der Waals surface area contributed by atoms with Crippen LogP contribution in [0.3, 0.4) is 0 Å². The maximum absolute atomic E-state index is 15.8. The summed E-state index contributed by atoms with van der Waals surface area (Å²) in [5.41, 5.74) is 16.5. The van der Waals surface area contributed by atoms with Crippen LogP contribution in [-0.2, 0) is 17.1 Å². The van der Waals surface area contributed by atoms with E-state index in [1.165, 1.54) is 12.2 Å². The van der Waals surface area contributed by atoms with Crippen molar-refractivity contribution in [1.29, 1.82) is 0 Å². The molecule has 0 spiro atoms. The van der Waals surface area contributed by atoms with E-state index in [-0.39, 0.29) is 50.6 Å². The Hall–Kier alpha value is -11.7. The Kier molecular flexibility index (Phi) is 18.9. The van der Waals surface area contributed by atoms with E-state index in [0.29, 0.717) is 78.5 Å². The average Bonchev–Trinajstić information content (AvgIpc) is 1.12. The van der Waals surface area contributed by atoms with E-state index in [2.05, 4.69) is 19.9 Å². The maximum Gasteiger partial charge on any atom is 2.00 e. The third-order valence-corrected chi connectivity index (χ3v) is 19.7. The van der Waals surface area contributed by atoms with Gasteiger partial charge in [0.05, 0.1) is 56.7 Å². The fourth-order valence-electron chi connectivity index (χ4n) is 14.4. The van der Waals surface area contributed by atoms with Crippen LogP contribution in [0.4, 0.5) is 43.9 Å². The minimum atomic E-state index is -2.24. The Bertz CT molecular complexity index is 5700. The number of rotatable bonds is 8. The molecule has 6 aromatic heterocycles. The molecule has 109 heavy (non-hydrogen) atoms. The number of hydrogen-bond acceptors (Lipinski definition) is 4. The van der Waals surface area contributed by atoms with Crippen LogP contribution in [-0.4, -0.2) is 39.9 Å². The van der Waals surface area contributed by atoms with Gasteiger partial charge in [-0.25, -0.2) is 63.8 Å². The van der Waals surface area contributed by atoms with Gasteiger partial charge in [0.1, 0.15) is 0 Å². The number of halogens is 10. The Morgan fingerprint density at radius 3 is 0.596 bits per heavy atom. The van der Waals surface area contributed by atoms with Gasteiger partial charge < -0.3 is 19.9 Å². The first-order chi connectivity index (χ1) is 52.3. The van der Waals surface area contributed by atoms with Crippen molar-refractivity contribution in [1.82, 2.24) is 39.9 Å². The van der Waals surface area contributed by atoms with Gasteiger partial charge >= 0.3 is 17.1 Å². The molecule has 8 nitrogen and oxygen atoms in total. The number of hydrogen-bond donors (Lipinski definition) is 4. The van der Waals surface area contributed by atoms with E-state index < -0.39 is 69.3 Å². The van der Waals surface area contributed by atoms with E-state index in [1.807, 2.05) is 225 Å². The number of nitrogens with zero attached hydrogens (tertiary/aromatic N) is 4. The number of H-pyrrole nitrogens is 4. The van der Waals surface area contributed by atoms with E-state index in [9.17, 15) is 26.3 Å². The third-order valence-electron chi connectivity index (χ3n) is 19.7. The topological polar surface area (TPSA) is 115 Å². The van der Waals surface area contributed by atoms with Crippen LogP contribution in [0.1, 0.15) is 78.9 Å². The first-order valence-electron chi connectivity index (χ1n) is 34.4. The van der Waals surface area contributed by atoms with Gasteiger partial charge in [-0.05, 0) is 198 Å². The summed E-state index contributed by atoms with van der Waals surface area (Å²) in [7, 11) is 0. The summed E-state index contributed by atoms with van der Waals surface area (Å²) in [6, 6.07) is 45.5. The minimum Gasteiger partial charge on any atom is -0.355 e. The number of aromatic amines is 4. The molecule has 6 aromatic carbocycles. The summed E-state index contributed by atoms with van der Waals surface area (Å²) >= 11 is 0. The maximum atomic E-state index is 15.8. The quantitative estimate of drug-likeness (QED) is 0.0525. The largest absolute Gasteiger partial charge is 2.00 e. The molecule has 16 bridgehead atoms. The van der Waals surface area contributed by atoms with Gasteiger partial charge in [0.25, 0.3) is 0 Å². The second-order valence-corrected chi connectivity index (χ2v) is 26.7. The standard InChI is InChI=1S/2C45H28F5N4.Fe/c2*1-23-7-11-26(12-8-23)37-30-17-15-28(51-30)36(25-5-3-4-6-25)29-16-18-31(52-29)38(27-13-9-24(2)10-14-27)33-20-22-35(54-33)39(34-21-19-32(37)53-34)40-41(46)43(48)45(50)44(49)42(40)47;/h2*3-22,51,54H,1-2H3;/q;;+2. The molecule has 19 heteroatoms. The van der Waals surface area contributed by atoms with Gasteiger partial charge in [-0.1, -0.05) is 119 Å². The summed E-state index contributed by atoms with van der Waals surface area (Å²) in [4.78, 5) is 33.7. The normalized spacial score (nSPS) is 13.9. The van der Waals surface area contributed by atoms with Gasteiger partial charge in [0, 0.05) is 100 Å². The molecule has 0 saturated heterocycles. The van der Waals surface area contributed by atoms with Crippen molar-refractivity contribution in [3.63, 3.8) is 0 Å². The number of aryl methyl sites for hydroxylation is 4. The number of aromatic nitrogens is 8. The zero-order chi connectivity index (χ0) is 74.5. The molecule has 10 radical (unpaired) electrons. The van der Waals surface area contributed by atoms with Crippen LogP contribution in [0.15, 0.2) is 146 Å². The van der Waals surface area contributed by atoms with Gasteiger partial charge in [0.2, 0.25) is 11.6 Å². The minimum absolute atomic E-state index is 0. The predicted octanol–water partition coefficient (Wildman–Crippen LogP) is 23.4. The molecule has 2 aliphatic carbocycles. The van der Waals surface area contributed by atoms with E-state index in [4.69, 9.17) is 19.9 Å². The van der Waals surface area contributed by atoms with Gasteiger partial charge in [-0.2, -0.15) is 0 Å². The van der Waals surface area contributed by atoms with Gasteiger partial charge in [0.15, 0.2) is 46.5 Å². The van der Waals surface area contributed by atoms with Crippen molar-refractivity contribution in [2.45, 2.75) is 27.7 Å². The monoisotopic (exact) mass is 1490 g/mol. The molecule has 2 fully saturated rings. The van der Waals surface area contributed by atoms with Crippen LogP contribution < -0.4 is 0 Å². The molecule has 12 aromatic rings. The number of fused-ring (bicyclic) bond motifs is 16. The third kappa shape index (κ3) is 12.8. The van der Waals surface area contributed by atoms with E-state index in [0.717, 1.165) is 78.5 Å². The summed E-state index contributed by atoms with van der Waals surface area (Å²) in [6.07, 6.45) is 30.1. The van der Waals surface area contributed by atoms with Gasteiger partial charge in [-0.3, -0.25) is 0 Å². The molecule has 6 aliphatic rings. The molecular formula is C90H56F10FeN8+2. The molecule has 2 saturated carbocycles. The Morgan fingerprint density at radius 1 is 0.202 bits per heavy atom. The molecule has 18 rings (SSSR count). The first kappa shape index (κ1) is 71.6. The van der Waals surface area contributed by atoms with Crippen molar-refractivity contribution in [2.75, 3.05) is 0 Å². The predicted molar refractivity (Wildman–Crippen MR) is 408 cm³/mol. The Labute approximate surface area is 630 Å². The van der Waals surface area contributed by atoms with Crippen molar-refractivity contribution in [2.24, 2.45) is 0 Å². The Balaban J connectivity index is 0.000000164. The number of benzene rings is 6. The second-order valence-electron chi connectivity index (χ2n) is 26.7. The summed E-state index contributed by atoms with van der Waals surface area (Å²) < 4.78 is 152.